The van der Waals surface area contributed by atoms with Crippen LogP contribution < -0.4 is 0 Å². The van der Waals surface area contributed by atoms with Crippen molar-refractivity contribution in [2.75, 3.05) is 13.2 Å². The van der Waals surface area contributed by atoms with E-state index in [1.807, 2.05) is 104 Å². The standard InChI is InChI=1S/C30H33NO6S.C23H27NO4/c1-21-10-16-27(17-11-21)38(34,35)36-20-25-19-26(31(28(25)32)29(33)37-30(2,3)4)18-22-12-14-24(15-13-22)23-8-6-5-7-9-23;1-23(2,3)28-22(27)24-20(14-19(15-25)21(24)26)13-16-9-11-18(12-10-16)17-7-5-4-6-8-17/h5-17,25-26H,18-20H2,1-4H3;4-12,19-20,25H,13-15H2,1-3H3/t25?,26-;19?,20-/m11/s1. The molecule has 0 bridgehead atoms. The van der Waals surface area contributed by atoms with Gasteiger partial charge in [-0.2, -0.15) is 8.42 Å². The molecule has 12 nitrogen and oxygen atoms in total. The molecule has 5 aromatic carbocycles. The van der Waals surface area contributed by atoms with Gasteiger partial charge in [-0.3, -0.25) is 13.8 Å². The number of aliphatic hydroxyl groups is 1. The fourth-order valence-corrected chi connectivity index (χ4v) is 8.93. The lowest BCUT2D eigenvalue weighted by molar-refractivity contribution is -0.133. The number of hydrogen-bond acceptors (Lipinski definition) is 10. The number of hydrogen-bond donors (Lipinski definition) is 1. The highest BCUT2D eigenvalue weighted by Gasteiger charge is 2.46. The second-order valence-corrected chi connectivity index (χ2v) is 20.4. The Balaban J connectivity index is 0.000000229. The Kier molecular flexibility index (Phi) is 15.7. The molecule has 4 amide bonds. The van der Waals surface area contributed by atoms with Crippen LogP contribution in [0.4, 0.5) is 9.59 Å². The molecule has 4 atom stereocenters. The van der Waals surface area contributed by atoms with Crippen LogP contribution in [0, 0.1) is 18.8 Å². The van der Waals surface area contributed by atoms with Crippen molar-refractivity contribution in [2.45, 2.75) is 102 Å². The Labute approximate surface area is 388 Å². The second kappa shape index (κ2) is 21.0. The summed E-state index contributed by atoms with van der Waals surface area (Å²) in [6, 6.07) is 41.7. The summed E-state index contributed by atoms with van der Waals surface area (Å²) in [5, 5.41) is 9.52. The minimum absolute atomic E-state index is 0.0209. The van der Waals surface area contributed by atoms with Crippen LogP contribution in [0.1, 0.15) is 71.1 Å². The molecule has 0 aromatic heterocycles. The Morgan fingerprint density at radius 3 is 1.35 bits per heavy atom. The average molecular weight is 917 g/mol. The molecule has 7 rings (SSSR count). The van der Waals surface area contributed by atoms with Crippen molar-refractivity contribution in [1.82, 2.24) is 9.80 Å². The number of ether oxygens (including phenoxy) is 2. The topological polar surface area (TPSA) is 157 Å². The number of rotatable bonds is 11. The van der Waals surface area contributed by atoms with Gasteiger partial charge in [0.1, 0.15) is 11.2 Å². The van der Waals surface area contributed by atoms with Crippen LogP contribution in [0.5, 0.6) is 0 Å². The predicted octanol–water partition coefficient (Wildman–Crippen LogP) is 9.80. The van der Waals surface area contributed by atoms with Crippen molar-refractivity contribution in [3.63, 3.8) is 0 Å². The van der Waals surface area contributed by atoms with Crippen molar-refractivity contribution in [2.24, 2.45) is 11.8 Å². The SMILES string of the molecule is CC(C)(C)OC(=O)N1C(=O)C(CO)C[C@H]1Cc1ccc(-c2ccccc2)cc1.Cc1ccc(S(=O)(=O)OCC2C[C@@H](Cc3ccc(-c4ccccc4)cc3)N(C(=O)OC(C)(C)C)C2=O)cc1. The number of carbonyl (C=O) groups is 4. The molecule has 13 heteroatoms. The molecule has 2 unspecified atom stereocenters. The number of aryl methyl sites for hydroxylation is 1. The maximum atomic E-state index is 13.3. The van der Waals surface area contributed by atoms with Gasteiger partial charge in [0.05, 0.1) is 29.9 Å². The minimum Gasteiger partial charge on any atom is -0.443 e. The molecular formula is C53H60N2O10S. The molecule has 0 spiro atoms. The Morgan fingerprint density at radius 1 is 0.576 bits per heavy atom. The molecular weight excluding hydrogens is 857 g/mol. The van der Waals surface area contributed by atoms with Crippen molar-refractivity contribution < 1.29 is 46.4 Å². The third-order valence-electron chi connectivity index (χ3n) is 11.2. The lowest BCUT2D eigenvalue weighted by atomic mass is 9.98. The van der Waals surface area contributed by atoms with Gasteiger partial charge in [-0.1, -0.05) is 127 Å². The van der Waals surface area contributed by atoms with Crippen LogP contribution in [-0.2, 0) is 46.2 Å². The first-order chi connectivity index (χ1) is 31.2. The monoisotopic (exact) mass is 916 g/mol. The lowest BCUT2D eigenvalue weighted by Gasteiger charge is -2.27. The van der Waals surface area contributed by atoms with E-state index in [4.69, 9.17) is 13.7 Å². The fourth-order valence-electron chi connectivity index (χ4n) is 7.98. The third-order valence-corrected chi connectivity index (χ3v) is 12.5. The molecule has 348 valence electrons. The van der Waals surface area contributed by atoms with E-state index in [0.717, 1.165) is 43.8 Å². The minimum atomic E-state index is -4.05. The van der Waals surface area contributed by atoms with Crippen molar-refractivity contribution in [3.05, 3.63) is 150 Å². The van der Waals surface area contributed by atoms with E-state index >= 15 is 0 Å². The van der Waals surface area contributed by atoms with E-state index in [0.29, 0.717) is 19.3 Å². The number of aliphatic hydroxyl groups excluding tert-OH is 1. The molecule has 1 N–H and O–H groups in total. The van der Waals surface area contributed by atoms with Gasteiger partial charge in [-0.25, -0.2) is 19.4 Å². The van der Waals surface area contributed by atoms with Crippen LogP contribution in [0.3, 0.4) is 0 Å². The van der Waals surface area contributed by atoms with E-state index in [1.165, 1.54) is 17.0 Å². The van der Waals surface area contributed by atoms with Crippen molar-refractivity contribution in [1.29, 1.82) is 0 Å². The number of imide groups is 2. The average Bonchev–Trinajstić information content (AvgIpc) is 3.76. The predicted molar refractivity (Wildman–Crippen MR) is 253 cm³/mol. The molecule has 2 aliphatic rings. The van der Waals surface area contributed by atoms with Gasteiger partial charge >= 0.3 is 12.2 Å². The first-order valence-electron chi connectivity index (χ1n) is 22.2. The maximum absolute atomic E-state index is 13.3. The summed E-state index contributed by atoms with van der Waals surface area (Å²) in [7, 11) is -4.05. The van der Waals surface area contributed by atoms with Crippen LogP contribution in [0.25, 0.3) is 22.3 Å². The summed E-state index contributed by atoms with van der Waals surface area (Å²) in [4.78, 5) is 53.8. The summed E-state index contributed by atoms with van der Waals surface area (Å²) < 4.78 is 41.6. The van der Waals surface area contributed by atoms with Gasteiger partial charge in [0.15, 0.2) is 0 Å². The highest BCUT2D eigenvalue weighted by Crippen LogP contribution is 2.33. The zero-order chi connectivity index (χ0) is 47.8. The van der Waals surface area contributed by atoms with Crippen LogP contribution in [0.15, 0.2) is 138 Å². The molecule has 2 saturated heterocycles. The Hall–Kier alpha value is -6.15. The van der Waals surface area contributed by atoms with Gasteiger partial charge in [0.2, 0.25) is 11.8 Å². The quantitative estimate of drug-likeness (QED) is 0.127. The fraction of sp³-hybridized carbons (Fsp3) is 0.358. The van der Waals surface area contributed by atoms with E-state index in [2.05, 4.69) is 12.1 Å². The van der Waals surface area contributed by atoms with Crippen LogP contribution >= 0.6 is 0 Å². The third kappa shape index (κ3) is 13.0. The molecule has 0 radical (unpaired) electrons. The molecule has 0 saturated carbocycles. The summed E-state index contributed by atoms with van der Waals surface area (Å²) in [6.07, 6.45) is 0.283. The highest BCUT2D eigenvalue weighted by molar-refractivity contribution is 7.86. The molecule has 66 heavy (non-hydrogen) atoms. The largest absolute Gasteiger partial charge is 0.443 e. The highest BCUT2D eigenvalue weighted by atomic mass is 32.2. The summed E-state index contributed by atoms with van der Waals surface area (Å²) in [6.45, 7) is 11.8. The first-order valence-corrected chi connectivity index (χ1v) is 23.6. The summed E-state index contributed by atoms with van der Waals surface area (Å²) >= 11 is 0. The van der Waals surface area contributed by atoms with Crippen molar-refractivity contribution in [3.8, 4) is 22.3 Å². The number of carbonyl (C=O) groups excluding carboxylic acids is 4. The van der Waals surface area contributed by atoms with E-state index in [1.54, 1.807) is 53.7 Å². The van der Waals surface area contributed by atoms with Gasteiger partial charge < -0.3 is 14.6 Å². The van der Waals surface area contributed by atoms with E-state index in [-0.39, 0.29) is 36.5 Å². The molecule has 2 aliphatic heterocycles. The summed E-state index contributed by atoms with van der Waals surface area (Å²) in [5.74, 6) is -2.20. The second-order valence-electron chi connectivity index (χ2n) is 18.8. The molecule has 2 fully saturated rings. The number of likely N-dealkylation sites (tertiary alicyclic amines) is 2. The zero-order valence-electron chi connectivity index (χ0n) is 38.7. The van der Waals surface area contributed by atoms with Gasteiger partial charge in [-0.15, -0.1) is 0 Å². The number of benzene rings is 5. The lowest BCUT2D eigenvalue weighted by Crippen LogP contribution is -2.43. The molecule has 0 aliphatic carbocycles. The summed E-state index contributed by atoms with van der Waals surface area (Å²) in [5.41, 5.74) is 5.84. The molecule has 5 aromatic rings. The molecule has 2 heterocycles. The van der Waals surface area contributed by atoms with Crippen molar-refractivity contribution >= 4 is 34.1 Å². The Bertz CT molecular complexity index is 2550. The smallest absolute Gasteiger partial charge is 0.417 e. The number of nitrogens with zero attached hydrogens (tertiary/aromatic N) is 2. The van der Waals surface area contributed by atoms with Gasteiger partial charge in [0.25, 0.3) is 10.1 Å². The van der Waals surface area contributed by atoms with Gasteiger partial charge in [-0.05, 0) is 120 Å². The van der Waals surface area contributed by atoms with Crippen LogP contribution in [-0.4, -0.2) is 83.8 Å². The first kappa shape index (κ1) is 49.3. The van der Waals surface area contributed by atoms with Gasteiger partial charge in [0, 0.05) is 12.1 Å². The van der Waals surface area contributed by atoms with Crippen LogP contribution in [0.2, 0.25) is 0 Å². The zero-order valence-corrected chi connectivity index (χ0v) is 39.5. The Morgan fingerprint density at radius 2 is 0.955 bits per heavy atom. The van der Waals surface area contributed by atoms with E-state index in [9.17, 15) is 32.7 Å². The van der Waals surface area contributed by atoms with E-state index < -0.39 is 57.3 Å². The number of amides is 4. The normalized spacial score (nSPS) is 18.7. The maximum Gasteiger partial charge on any atom is 0.417 e.